The van der Waals surface area contributed by atoms with Crippen molar-refractivity contribution in [1.82, 2.24) is 14.4 Å². The van der Waals surface area contributed by atoms with E-state index in [9.17, 15) is 10.2 Å². The number of halogens is 1. The topological polar surface area (TPSA) is 51.9 Å². The first-order chi connectivity index (χ1) is 18.7. The number of aryl methyl sites for hydroxylation is 2. The summed E-state index contributed by atoms with van der Waals surface area (Å²) >= 11 is 3.44. The molecule has 39 heavy (non-hydrogen) atoms. The van der Waals surface area contributed by atoms with Gasteiger partial charge in [-0.1, -0.05) is 48.5 Å². The minimum Gasteiger partial charge on any atom is -0.506 e. The molecule has 1 aromatic heterocycles. The molecule has 0 atom stereocenters. The second-order valence-electron chi connectivity index (χ2n) is 10.7. The molecule has 202 valence electrons. The molecule has 5 aromatic rings. The highest BCUT2D eigenvalue weighted by Crippen LogP contribution is 2.37. The quantitative estimate of drug-likeness (QED) is 0.192. The molecular formula is C33H36BrN3O2. The molecular weight excluding hydrogens is 550 g/mol. The van der Waals surface area contributed by atoms with Crippen LogP contribution in [0.2, 0.25) is 0 Å². The molecule has 0 bridgehead atoms. The van der Waals surface area contributed by atoms with Crippen molar-refractivity contribution in [2.75, 3.05) is 33.7 Å². The molecule has 0 aliphatic rings. The average molecular weight is 587 g/mol. The Balaban J connectivity index is 1.31. The standard InChI is InChI=1S/C33H36BrN3O2/c1-22-17-24(32(38)28(34)19-22)13-14-35(3)15-16-36(4)21-25-18-23(2)20-31(33(25)39)37-29-11-7-5-9-26(29)27-10-6-8-12-30(27)37/h5-12,17-20,38-39H,13-16,21H2,1-4H3. The van der Waals surface area contributed by atoms with E-state index >= 15 is 0 Å². The first-order valence-electron chi connectivity index (χ1n) is 13.4. The third-order valence-electron chi connectivity index (χ3n) is 7.49. The van der Waals surface area contributed by atoms with Gasteiger partial charge in [-0.25, -0.2) is 0 Å². The molecule has 0 saturated carbocycles. The van der Waals surface area contributed by atoms with Crippen molar-refractivity contribution in [2.45, 2.75) is 26.8 Å². The molecule has 0 saturated heterocycles. The molecule has 1 heterocycles. The zero-order chi connectivity index (χ0) is 27.7. The highest BCUT2D eigenvalue weighted by atomic mass is 79.9. The molecule has 2 N–H and O–H groups in total. The number of aromatic hydroxyl groups is 2. The van der Waals surface area contributed by atoms with E-state index in [0.717, 1.165) is 69.5 Å². The predicted molar refractivity (Wildman–Crippen MR) is 165 cm³/mol. The molecule has 0 fully saturated rings. The first-order valence-corrected chi connectivity index (χ1v) is 14.2. The number of fused-ring (bicyclic) bond motifs is 3. The Morgan fingerprint density at radius 3 is 1.92 bits per heavy atom. The molecule has 0 spiro atoms. The number of benzene rings is 4. The number of likely N-dealkylation sites (N-methyl/N-ethyl adjacent to an activating group) is 2. The number of para-hydroxylation sites is 2. The smallest absolute Gasteiger partial charge is 0.144 e. The maximum atomic E-state index is 11.5. The molecule has 5 nitrogen and oxygen atoms in total. The monoisotopic (exact) mass is 585 g/mol. The zero-order valence-electron chi connectivity index (χ0n) is 23.1. The van der Waals surface area contributed by atoms with Crippen LogP contribution in [-0.4, -0.2) is 58.3 Å². The van der Waals surface area contributed by atoms with E-state index in [1.54, 1.807) is 0 Å². The van der Waals surface area contributed by atoms with Gasteiger partial charge in [-0.05, 0) is 91.2 Å². The van der Waals surface area contributed by atoms with Crippen molar-refractivity contribution in [2.24, 2.45) is 0 Å². The van der Waals surface area contributed by atoms with Crippen LogP contribution in [0, 0.1) is 13.8 Å². The number of phenols is 2. The fraction of sp³-hybridized carbons (Fsp3) is 0.273. The van der Waals surface area contributed by atoms with Gasteiger partial charge in [0.15, 0.2) is 0 Å². The Bertz CT molecular complexity index is 1590. The Hall–Kier alpha value is -3.32. The van der Waals surface area contributed by atoms with Crippen LogP contribution in [0.15, 0.2) is 77.3 Å². The van der Waals surface area contributed by atoms with Crippen LogP contribution in [0.1, 0.15) is 22.3 Å². The molecule has 0 aliphatic carbocycles. The zero-order valence-corrected chi connectivity index (χ0v) is 24.7. The molecule has 4 aromatic carbocycles. The Morgan fingerprint density at radius 2 is 1.26 bits per heavy atom. The molecule has 0 amide bonds. The number of hydrogen-bond acceptors (Lipinski definition) is 4. The van der Waals surface area contributed by atoms with Crippen molar-refractivity contribution in [3.8, 4) is 17.2 Å². The summed E-state index contributed by atoms with van der Waals surface area (Å²) in [5.74, 6) is 0.660. The Kier molecular flexibility index (Phi) is 7.98. The lowest BCUT2D eigenvalue weighted by atomic mass is 10.1. The van der Waals surface area contributed by atoms with E-state index < -0.39 is 0 Å². The highest BCUT2D eigenvalue weighted by Gasteiger charge is 2.18. The minimum absolute atomic E-state index is 0.327. The van der Waals surface area contributed by atoms with Crippen molar-refractivity contribution >= 4 is 37.7 Å². The van der Waals surface area contributed by atoms with Crippen LogP contribution in [0.5, 0.6) is 11.5 Å². The van der Waals surface area contributed by atoms with E-state index in [1.165, 1.54) is 10.8 Å². The van der Waals surface area contributed by atoms with E-state index in [-0.39, 0.29) is 0 Å². The van der Waals surface area contributed by atoms with Crippen molar-refractivity contribution in [3.63, 3.8) is 0 Å². The summed E-state index contributed by atoms with van der Waals surface area (Å²) in [6.07, 6.45) is 0.785. The van der Waals surface area contributed by atoms with Crippen molar-refractivity contribution < 1.29 is 10.2 Å². The molecule has 0 unspecified atom stereocenters. The third kappa shape index (κ3) is 5.69. The van der Waals surface area contributed by atoms with Gasteiger partial charge in [-0.2, -0.15) is 0 Å². The van der Waals surface area contributed by atoms with Gasteiger partial charge < -0.3 is 24.6 Å². The van der Waals surface area contributed by atoms with Crippen LogP contribution >= 0.6 is 15.9 Å². The molecule has 0 aliphatic heterocycles. The van der Waals surface area contributed by atoms with E-state index in [1.807, 2.05) is 13.0 Å². The summed E-state index contributed by atoms with van der Waals surface area (Å²) < 4.78 is 2.93. The van der Waals surface area contributed by atoms with Gasteiger partial charge in [0.1, 0.15) is 11.5 Å². The second-order valence-corrected chi connectivity index (χ2v) is 11.6. The highest BCUT2D eigenvalue weighted by molar-refractivity contribution is 9.10. The largest absolute Gasteiger partial charge is 0.506 e. The van der Waals surface area contributed by atoms with Crippen LogP contribution in [0.25, 0.3) is 27.5 Å². The minimum atomic E-state index is 0.327. The van der Waals surface area contributed by atoms with E-state index in [0.29, 0.717) is 18.0 Å². The van der Waals surface area contributed by atoms with Gasteiger partial charge in [-0.15, -0.1) is 0 Å². The second kappa shape index (κ2) is 11.4. The van der Waals surface area contributed by atoms with Gasteiger partial charge in [0, 0.05) is 42.5 Å². The lowest BCUT2D eigenvalue weighted by molar-refractivity contribution is 0.251. The first kappa shape index (κ1) is 27.3. The molecule has 5 rings (SSSR count). The summed E-state index contributed by atoms with van der Waals surface area (Å²) in [7, 11) is 4.21. The lowest BCUT2D eigenvalue weighted by Gasteiger charge is -2.23. The van der Waals surface area contributed by atoms with E-state index in [4.69, 9.17) is 0 Å². The Labute approximate surface area is 239 Å². The lowest BCUT2D eigenvalue weighted by Crippen LogP contribution is -2.31. The fourth-order valence-corrected chi connectivity index (χ4v) is 6.05. The SMILES string of the molecule is Cc1cc(Br)c(O)c(CCN(C)CCN(C)Cc2cc(C)cc(-n3c4ccccc4c4ccccc43)c2O)c1. The van der Waals surface area contributed by atoms with Gasteiger partial charge in [0.05, 0.1) is 21.2 Å². The van der Waals surface area contributed by atoms with Crippen molar-refractivity contribution in [3.05, 3.63) is 99.5 Å². The summed E-state index contributed by atoms with van der Waals surface area (Å²) in [5.41, 5.74) is 7.14. The van der Waals surface area contributed by atoms with Gasteiger partial charge in [0.2, 0.25) is 0 Å². The van der Waals surface area contributed by atoms with Crippen molar-refractivity contribution in [1.29, 1.82) is 0 Å². The number of rotatable bonds is 9. The summed E-state index contributed by atoms with van der Waals surface area (Å²) in [5, 5.41) is 24.3. The van der Waals surface area contributed by atoms with Gasteiger partial charge in [-0.3, -0.25) is 0 Å². The van der Waals surface area contributed by atoms with Crippen LogP contribution in [0.4, 0.5) is 0 Å². The molecule has 0 radical (unpaired) electrons. The fourth-order valence-electron chi connectivity index (χ4n) is 5.44. The maximum absolute atomic E-state index is 11.5. The number of hydrogen-bond donors (Lipinski definition) is 2. The summed E-state index contributed by atoms with van der Waals surface area (Å²) in [4.78, 5) is 4.53. The predicted octanol–water partition coefficient (Wildman–Crippen LogP) is 7.18. The van der Waals surface area contributed by atoms with Gasteiger partial charge in [0.25, 0.3) is 0 Å². The van der Waals surface area contributed by atoms with Crippen LogP contribution in [0.3, 0.4) is 0 Å². The summed E-state index contributed by atoms with van der Waals surface area (Å²) in [6, 6.07) is 24.9. The average Bonchev–Trinajstić information content (AvgIpc) is 3.25. The molecule has 6 heteroatoms. The maximum Gasteiger partial charge on any atom is 0.144 e. The number of aromatic nitrogens is 1. The van der Waals surface area contributed by atoms with E-state index in [2.05, 4.69) is 118 Å². The number of nitrogens with zero attached hydrogens (tertiary/aromatic N) is 3. The van der Waals surface area contributed by atoms with Gasteiger partial charge >= 0.3 is 0 Å². The number of phenolic OH excluding ortho intramolecular Hbond substituents is 2. The normalized spacial score (nSPS) is 11.9. The summed E-state index contributed by atoms with van der Waals surface area (Å²) in [6.45, 7) is 7.38. The van der Waals surface area contributed by atoms with Crippen LogP contribution < -0.4 is 0 Å². The Morgan fingerprint density at radius 1 is 0.692 bits per heavy atom. The van der Waals surface area contributed by atoms with Crippen LogP contribution in [-0.2, 0) is 13.0 Å². The third-order valence-corrected chi connectivity index (χ3v) is 8.09.